The average molecular weight is 290 g/mol. The molecule has 2 rings (SSSR count). The van der Waals surface area contributed by atoms with E-state index in [9.17, 15) is 14.4 Å². The molecule has 1 amide bonds. The third-order valence-corrected chi connectivity index (χ3v) is 3.84. The molecule has 0 radical (unpaired) electrons. The molecule has 1 aromatic carbocycles. The highest BCUT2D eigenvalue weighted by atomic mass is 16.2. The zero-order chi connectivity index (χ0) is 15.6. The lowest BCUT2D eigenvalue weighted by Gasteiger charge is -2.19. The maximum absolute atomic E-state index is 12.4. The van der Waals surface area contributed by atoms with Crippen LogP contribution in [-0.4, -0.2) is 36.1 Å². The van der Waals surface area contributed by atoms with Gasteiger partial charge in [-0.2, -0.15) is 0 Å². The van der Waals surface area contributed by atoms with E-state index in [1.54, 1.807) is 25.1 Å². The van der Waals surface area contributed by atoms with E-state index < -0.39 is 23.7 Å². The monoisotopic (exact) mass is 290 g/mol. The fraction of sp³-hybridized carbons (Fsp3) is 0.400. The second-order valence-electron chi connectivity index (χ2n) is 5.40. The number of hydrogen-bond acceptors (Lipinski definition) is 5. The largest absolute Gasteiger partial charge is 0.398 e. The van der Waals surface area contributed by atoms with Gasteiger partial charge in [0.15, 0.2) is 6.04 Å². The third-order valence-electron chi connectivity index (χ3n) is 3.84. The summed E-state index contributed by atoms with van der Waals surface area (Å²) in [6.45, 7) is 2.13. The van der Waals surface area contributed by atoms with Crippen molar-refractivity contribution in [2.75, 3.05) is 12.3 Å². The minimum atomic E-state index is -0.648. The molecule has 1 fully saturated rings. The van der Waals surface area contributed by atoms with E-state index in [0.717, 1.165) is 6.42 Å². The summed E-state index contributed by atoms with van der Waals surface area (Å²) in [7, 11) is 0. The van der Waals surface area contributed by atoms with Gasteiger partial charge in [0.25, 0.3) is 5.78 Å². The maximum atomic E-state index is 12.4. The van der Waals surface area contributed by atoms with Crippen LogP contribution >= 0.6 is 0 Å². The Labute approximate surface area is 123 Å². The van der Waals surface area contributed by atoms with Gasteiger partial charge in [-0.15, -0.1) is 0 Å². The van der Waals surface area contributed by atoms with Gasteiger partial charge < -0.3 is 11.5 Å². The lowest BCUT2D eigenvalue weighted by atomic mass is 9.99. The maximum Gasteiger partial charge on any atom is 0.329 e. The number of benzene rings is 1. The van der Waals surface area contributed by atoms with Crippen molar-refractivity contribution < 1.29 is 19.3 Å². The van der Waals surface area contributed by atoms with E-state index in [1.807, 2.05) is 0 Å². The third kappa shape index (κ3) is 3.01. The summed E-state index contributed by atoms with van der Waals surface area (Å²) >= 11 is 0. The zero-order valence-corrected chi connectivity index (χ0v) is 12.0. The molecule has 0 saturated carbocycles. The summed E-state index contributed by atoms with van der Waals surface area (Å²) in [4.78, 5) is 37.2. The SMILES string of the molecule is C[C@H](N)C(=O)[NH+]1CCC[C@H]1C(=O)C(=O)c1ccccc1N. The molecule has 1 heterocycles. The number of likely N-dealkylation sites (tertiary alicyclic amines) is 1. The van der Waals surface area contributed by atoms with Gasteiger partial charge in [0.1, 0.15) is 6.04 Å². The number of para-hydroxylation sites is 1. The van der Waals surface area contributed by atoms with Crippen LogP contribution in [0, 0.1) is 0 Å². The Balaban J connectivity index is 2.21. The number of rotatable bonds is 4. The van der Waals surface area contributed by atoms with Crippen molar-refractivity contribution in [2.45, 2.75) is 31.8 Å². The number of nitrogens with one attached hydrogen (secondary N) is 1. The molecule has 1 saturated heterocycles. The Bertz CT molecular complexity index is 583. The van der Waals surface area contributed by atoms with E-state index in [1.165, 1.54) is 6.07 Å². The molecule has 6 nitrogen and oxygen atoms in total. The first-order chi connectivity index (χ1) is 9.93. The second kappa shape index (κ2) is 6.15. The summed E-state index contributed by atoms with van der Waals surface area (Å²) in [6.07, 6.45) is 1.24. The van der Waals surface area contributed by atoms with Crippen molar-refractivity contribution >= 4 is 23.2 Å². The quantitative estimate of drug-likeness (QED) is 0.372. The van der Waals surface area contributed by atoms with E-state index in [0.29, 0.717) is 17.9 Å². The number of quaternary nitrogens is 1. The highest BCUT2D eigenvalue weighted by molar-refractivity contribution is 6.46. The smallest absolute Gasteiger partial charge is 0.329 e. The number of amides is 1. The van der Waals surface area contributed by atoms with E-state index in [2.05, 4.69) is 0 Å². The number of nitrogen functional groups attached to an aromatic ring is 1. The fourth-order valence-electron chi connectivity index (χ4n) is 2.72. The number of Topliss-reactive ketones (excluding diaryl/α,β-unsaturated/α-hetero) is 2. The number of carbonyl (C=O) groups excluding carboxylic acids is 3. The molecule has 3 atom stereocenters. The molecule has 0 aliphatic carbocycles. The van der Waals surface area contributed by atoms with Crippen LogP contribution in [0.5, 0.6) is 0 Å². The Hall–Kier alpha value is -2.05. The van der Waals surface area contributed by atoms with E-state index in [4.69, 9.17) is 11.5 Å². The standard InChI is InChI=1S/C15H19N3O3/c1-9(16)15(21)18-8-4-7-12(18)14(20)13(19)10-5-2-3-6-11(10)17/h2-3,5-6,9,12H,4,7-8,16-17H2,1H3/p+1/t9-,12-/m0/s1. The molecule has 0 aromatic heterocycles. The average Bonchev–Trinajstić information content (AvgIpc) is 2.94. The number of anilines is 1. The predicted molar refractivity (Wildman–Crippen MR) is 77.7 cm³/mol. The summed E-state index contributed by atoms with van der Waals surface area (Å²) in [5.74, 6) is -1.41. The molecule has 0 spiro atoms. The fourth-order valence-corrected chi connectivity index (χ4v) is 2.72. The minimum Gasteiger partial charge on any atom is -0.398 e. The first-order valence-corrected chi connectivity index (χ1v) is 7.02. The van der Waals surface area contributed by atoms with Gasteiger partial charge in [0.05, 0.1) is 6.54 Å². The Morgan fingerprint density at radius 2 is 1.95 bits per heavy atom. The molecule has 1 aliphatic heterocycles. The zero-order valence-electron chi connectivity index (χ0n) is 12.0. The Kier molecular flexibility index (Phi) is 4.50. The summed E-state index contributed by atoms with van der Waals surface area (Å²) in [6, 6.07) is 5.16. The first kappa shape index (κ1) is 15.3. The highest BCUT2D eigenvalue weighted by Gasteiger charge is 2.43. The van der Waals surface area contributed by atoms with Crippen LogP contribution < -0.4 is 16.4 Å². The molecular formula is C15H20N3O3+. The molecular weight excluding hydrogens is 270 g/mol. The molecule has 5 N–H and O–H groups in total. The lowest BCUT2D eigenvalue weighted by molar-refractivity contribution is -0.823. The van der Waals surface area contributed by atoms with Crippen molar-refractivity contribution in [1.82, 2.24) is 0 Å². The number of hydrogen-bond donors (Lipinski definition) is 3. The number of ketones is 2. The molecule has 6 heteroatoms. The van der Waals surface area contributed by atoms with Crippen LogP contribution in [-0.2, 0) is 9.59 Å². The van der Waals surface area contributed by atoms with Gasteiger partial charge in [-0.1, -0.05) is 12.1 Å². The molecule has 1 aliphatic rings. The van der Waals surface area contributed by atoms with E-state index >= 15 is 0 Å². The van der Waals surface area contributed by atoms with Gasteiger partial charge in [-0.25, -0.2) is 4.79 Å². The Morgan fingerprint density at radius 3 is 2.57 bits per heavy atom. The van der Waals surface area contributed by atoms with Crippen LogP contribution in [0.4, 0.5) is 5.69 Å². The van der Waals surface area contributed by atoms with Crippen molar-refractivity contribution in [2.24, 2.45) is 5.73 Å². The van der Waals surface area contributed by atoms with Crippen LogP contribution in [0.1, 0.15) is 30.1 Å². The summed E-state index contributed by atoms with van der Waals surface area (Å²) in [5, 5.41) is 0. The van der Waals surface area contributed by atoms with Crippen LogP contribution in [0.25, 0.3) is 0 Å². The van der Waals surface area contributed by atoms with Crippen molar-refractivity contribution in [3.8, 4) is 0 Å². The normalized spacial score (nSPS) is 22.8. The van der Waals surface area contributed by atoms with Gasteiger partial charge in [0.2, 0.25) is 5.78 Å². The van der Waals surface area contributed by atoms with Gasteiger partial charge >= 0.3 is 5.91 Å². The van der Waals surface area contributed by atoms with Gasteiger partial charge in [0, 0.05) is 24.1 Å². The Morgan fingerprint density at radius 1 is 1.29 bits per heavy atom. The first-order valence-electron chi connectivity index (χ1n) is 7.02. The summed E-state index contributed by atoms with van der Waals surface area (Å²) in [5.41, 5.74) is 11.8. The number of carbonyl (C=O) groups is 3. The van der Waals surface area contributed by atoms with Crippen molar-refractivity contribution in [3.63, 3.8) is 0 Å². The van der Waals surface area contributed by atoms with Crippen molar-refractivity contribution in [1.29, 1.82) is 0 Å². The lowest BCUT2D eigenvalue weighted by Crippen LogP contribution is -3.18. The molecule has 1 unspecified atom stereocenters. The van der Waals surface area contributed by atoms with E-state index in [-0.39, 0.29) is 17.2 Å². The second-order valence-corrected chi connectivity index (χ2v) is 5.40. The molecule has 21 heavy (non-hydrogen) atoms. The summed E-state index contributed by atoms with van der Waals surface area (Å²) < 4.78 is 0. The van der Waals surface area contributed by atoms with Crippen LogP contribution in [0.2, 0.25) is 0 Å². The number of nitrogens with two attached hydrogens (primary N) is 2. The highest BCUT2D eigenvalue weighted by Crippen LogP contribution is 2.14. The molecule has 0 bridgehead atoms. The minimum absolute atomic E-state index is 0.196. The molecule has 112 valence electrons. The topological polar surface area (TPSA) is 108 Å². The predicted octanol–water partition coefficient (Wildman–Crippen LogP) is -1.06. The van der Waals surface area contributed by atoms with Crippen LogP contribution in [0.15, 0.2) is 24.3 Å². The van der Waals surface area contributed by atoms with Gasteiger partial charge in [-0.05, 0) is 19.1 Å². The van der Waals surface area contributed by atoms with Crippen LogP contribution in [0.3, 0.4) is 0 Å². The molecule has 1 aromatic rings. The van der Waals surface area contributed by atoms with Gasteiger partial charge in [-0.3, -0.25) is 14.5 Å². The van der Waals surface area contributed by atoms with Crippen molar-refractivity contribution in [3.05, 3.63) is 29.8 Å².